The summed E-state index contributed by atoms with van der Waals surface area (Å²) >= 11 is 0. The van der Waals surface area contributed by atoms with Gasteiger partial charge in [-0.1, -0.05) is 0 Å². The highest BCUT2D eigenvalue weighted by molar-refractivity contribution is 5.82. The first-order chi connectivity index (χ1) is 8.25. The van der Waals surface area contributed by atoms with Crippen LogP contribution in [0.15, 0.2) is 49.2 Å². The molecule has 0 saturated heterocycles. The molecule has 0 atom stereocenters. The zero-order valence-corrected chi connectivity index (χ0v) is 8.72. The number of imidazole rings is 1. The summed E-state index contributed by atoms with van der Waals surface area (Å²) in [5.41, 5.74) is 0.856. The molecule has 0 unspecified atom stereocenters. The highest BCUT2D eigenvalue weighted by Crippen LogP contribution is 2.21. The number of fused-ring (bicyclic) bond motifs is 1. The van der Waals surface area contributed by atoms with Gasteiger partial charge in [0.1, 0.15) is 6.33 Å². The van der Waals surface area contributed by atoms with Crippen molar-refractivity contribution in [2.45, 2.75) is 0 Å². The molecule has 0 fully saturated rings. The standard InChI is InChI=1S/C11H8N4O2/c16-15(17)10-2-1-9-3-5-14(11(9)7-10)13-6-4-12-8-13/h1-8H. The number of hydrogen-bond donors (Lipinski definition) is 0. The minimum absolute atomic E-state index is 0.0811. The highest BCUT2D eigenvalue weighted by Gasteiger charge is 2.09. The zero-order valence-electron chi connectivity index (χ0n) is 8.72. The highest BCUT2D eigenvalue weighted by atomic mass is 16.6. The summed E-state index contributed by atoms with van der Waals surface area (Å²) in [5, 5.41) is 11.7. The van der Waals surface area contributed by atoms with E-state index in [1.54, 1.807) is 40.2 Å². The number of non-ortho nitro benzene ring substituents is 1. The van der Waals surface area contributed by atoms with Crippen LogP contribution in [0, 0.1) is 10.1 Å². The number of aromatic nitrogens is 3. The van der Waals surface area contributed by atoms with Crippen LogP contribution >= 0.6 is 0 Å². The predicted molar refractivity (Wildman–Crippen MR) is 61.6 cm³/mol. The maximum absolute atomic E-state index is 10.7. The lowest BCUT2D eigenvalue weighted by Crippen LogP contribution is -2.04. The smallest absolute Gasteiger partial charge is 0.258 e. The van der Waals surface area contributed by atoms with Crippen LogP contribution in [0.5, 0.6) is 0 Å². The Bertz CT molecular complexity index is 685. The fourth-order valence-corrected chi connectivity index (χ4v) is 1.80. The second-order valence-corrected chi connectivity index (χ2v) is 3.60. The van der Waals surface area contributed by atoms with E-state index in [1.165, 1.54) is 6.07 Å². The van der Waals surface area contributed by atoms with Gasteiger partial charge in [-0.05, 0) is 12.1 Å². The molecule has 0 saturated carbocycles. The van der Waals surface area contributed by atoms with Crippen molar-refractivity contribution >= 4 is 16.6 Å². The van der Waals surface area contributed by atoms with Gasteiger partial charge in [-0.25, -0.2) is 9.66 Å². The van der Waals surface area contributed by atoms with Gasteiger partial charge in [0, 0.05) is 36.1 Å². The van der Waals surface area contributed by atoms with E-state index in [0.717, 1.165) is 10.9 Å². The summed E-state index contributed by atoms with van der Waals surface area (Å²) in [6, 6.07) is 6.69. The van der Waals surface area contributed by atoms with Gasteiger partial charge in [0.2, 0.25) is 0 Å². The molecule has 0 aliphatic rings. The minimum Gasteiger partial charge on any atom is -0.258 e. The Labute approximate surface area is 95.9 Å². The SMILES string of the molecule is O=[N+]([O-])c1ccc2ccn(-n3ccnc3)c2c1. The Kier molecular flexibility index (Phi) is 1.94. The average molecular weight is 228 g/mol. The Hall–Kier alpha value is -2.63. The summed E-state index contributed by atoms with van der Waals surface area (Å²) in [7, 11) is 0. The van der Waals surface area contributed by atoms with E-state index >= 15 is 0 Å². The summed E-state index contributed by atoms with van der Waals surface area (Å²) in [6.07, 6.45) is 6.91. The number of nitro groups is 1. The second-order valence-electron chi connectivity index (χ2n) is 3.60. The summed E-state index contributed by atoms with van der Waals surface area (Å²) in [4.78, 5) is 14.3. The Balaban J connectivity index is 2.26. The molecule has 0 aliphatic heterocycles. The molecule has 3 aromatic rings. The topological polar surface area (TPSA) is 65.9 Å². The molecule has 17 heavy (non-hydrogen) atoms. The van der Waals surface area contributed by atoms with E-state index in [4.69, 9.17) is 0 Å². The van der Waals surface area contributed by atoms with Gasteiger partial charge in [0.25, 0.3) is 5.69 Å². The maximum atomic E-state index is 10.7. The molecule has 2 aromatic heterocycles. The van der Waals surface area contributed by atoms with E-state index in [1.807, 2.05) is 12.3 Å². The third-order valence-corrected chi connectivity index (χ3v) is 2.61. The van der Waals surface area contributed by atoms with Crippen molar-refractivity contribution in [3.05, 3.63) is 59.3 Å². The molecule has 6 nitrogen and oxygen atoms in total. The molecule has 0 spiro atoms. The van der Waals surface area contributed by atoms with Crippen molar-refractivity contribution in [3.8, 4) is 0 Å². The van der Waals surface area contributed by atoms with Gasteiger partial charge in [0.05, 0.1) is 10.4 Å². The third-order valence-electron chi connectivity index (χ3n) is 2.61. The van der Waals surface area contributed by atoms with Crippen LogP contribution in [0.1, 0.15) is 0 Å². The Morgan fingerprint density at radius 3 is 2.82 bits per heavy atom. The van der Waals surface area contributed by atoms with E-state index in [2.05, 4.69) is 4.98 Å². The lowest BCUT2D eigenvalue weighted by Gasteiger charge is -2.04. The molecule has 0 aliphatic carbocycles. The van der Waals surface area contributed by atoms with Gasteiger partial charge in [-0.2, -0.15) is 0 Å². The van der Waals surface area contributed by atoms with Gasteiger partial charge >= 0.3 is 0 Å². The van der Waals surface area contributed by atoms with E-state index in [-0.39, 0.29) is 5.69 Å². The predicted octanol–water partition coefficient (Wildman–Crippen LogP) is 2.06. The summed E-state index contributed by atoms with van der Waals surface area (Å²) in [6.45, 7) is 0. The minimum atomic E-state index is -0.398. The van der Waals surface area contributed by atoms with Crippen LogP contribution in [0.2, 0.25) is 0 Å². The largest absolute Gasteiger partial charge is 0.271 e. The number of rotatable bonds is 2. The molecule has 0 N–H and O–H groups in total. The first-order valence-electron chi connectivity index (χ1n) is 5.00. The van der Waals surface area contributed by atoms with E-state index in [9.17, 15) is 10.1 Å². The molecule has 0 bridgehead atoms. The van der Waals surface area contributed by atoms with Crippen LogP contribution in [-0.2, 0) is 0 Å². The number of nitro benzene ring substituents is 1. The van der Waals surface area contributed by atoms with Crippen LogP contribution in [-0.4, -0.2) is 19.3 Å². The van der Waals surface area contributed by atoms with Crippen molar-refractivity contribution < 1.29 is 4.92 Å². The Morgan fingerprint density at radius 1 is 1.24 bits per heavy atom. The lowest BCUT2D eigenvalue weighted by molar-refractivity contribution is -0.384. The van der Waals surface area contributed by atoms with Crippen LogP contribution in [0.3, 0.4) is 0 Å². The molecule has 0 amide bonds. The molecule has 1 aromatic carbocycles. The summed E-state index contributed by atoms with van der Waals surface area (Å²) in [5.74, 6) is 0. The third kappa shape index (κ3) is 1.46. The normalized spacial score (nSPS) is 10.8. The van der Waals surface area contributed by atoms with Crippen molar-refractivity contribution in [3.63, 3.8) is 0 Å². The molecular formula is C11H8N4O2. The van der Waals surface area contributed by atoms with Gasteiger partial charge in [-0.3, -0.25) is 14.8 Å². The quantitative estimate of drug-likeness (QED) is 0.498. The van der Waals surface area contributed by atoms with Gasteiger partial charge < -0.3 is 0 Å². The summed E-state index contributed by atoms with van der Waals surface area (Å²) < 4.78 is 3.56. The first kappa shape index (κ1) is 9.59. The average Bonchev–Trinajstić information content (AvgIpc) is 2.96. The first-order valence-corrected chi connectivity index (χ1v) is 5.00. The van der Waals surface area contributed by atoms with Crippen LogP contribution < -0.4 is 0 Å². The van der Waals surface area contributed by atoms with Crippen LogP contribution in [0.4, 0.5) is 5.69 Å². The molecule has 3 rings (SSSR count). The lowest BCUT2D eigenvalue weighted by atomic mass is 10.2. The molecule has 6 heteroatoms. The number of hydrogen-bond acceptors (Lipinski definition) is 3. The van der Waals surface area contributed by atoms with Gasteiger partial charge in [0.15, 0.2) is 0 Å². The van der Waals surface area contributed by atoms with Crippen molar-refractivity contribution in [1.29, 1.82) is 0 Å². The van der Waals surface area contributed by atoms with Gasteiger partial charge in [-0.15, -0.1) is 0 Å². The van der Waals surface area contributed by atoms with Crippen molar-refractivity contribution in [1.82, 2.24) is 14.3 Å². The van der Waals surface area contributed by atoms with Crippen molar-refractivity contribution in [2.75, 3.05) is 0 Å². The second kappa shape index (κ2) is 3.44. The molecule has 2 heterocycles. The van der Waals surface area contributed by atoms with Crippen molar-refractivity contribution in [2.24, 2.45) is 0 Å². The maximum Gasteiger partial charge on any atom is 0.271 e. The van der Waals surface area contributed by atoms with E-state index < -0.39 is 4.92 Å². The molecule has 0 radical (unpaired) electrons. The molecule has 84 valence electrons. The fraction of sp³-hybridized carbons (Fsp3) is 0. The zero-order chi connectivity index (χ0) is 11.8. The Morgan fingerprint density at radius 2 is 2.12 bits per heavy atom. The number of nitrogens with zero attached hydrogens (tertiary/aromatic N) is 4. The molecular weight excluding hydrogens is 220 g/mol. The number of benzene rings is 1. The monoisotopic (exact) mass is 228 g/mol. The van der Waals surface area contributed by atoms with Crippen LogP contribution in [0.25, 0.3) is 10.9 Å². The fourth-order valence-electron chi connectivity index (χ4n) is 1.80. The van der Waals surface area contributed by atoms with E-state index in [0.29, 0.717) is 0 Å².